The molecule has 0 aliphatic heterocycles. The van der Waals surface area contributed by atoms with E-state index in [1.165, 1.54) is 5.56 Å². The quantitative estimate of drug-likeness (QED) is 0.799. The van der Waals surface area contributed by atoms with Gasteiger partial charge in [0.25, 0.3) is 0 Å². The van der Waals surface area contributed by atoms with Gasteiger partial charge in [-0.05, 0) is 30.9 Å². The van der Waals surface area contributed by atoms with E-state index >= 15 is 0 Å². The minimum atomic E-state index is -3.38. The summed E-state index contributed by atoms with van der Waals surface area (Å²) in [5.74, 6) is -0.557. The van der Waals surface area contributed by atoms with E-state index in [-0.39, 0.29) is 12.6 Å². The molecule has 0 heterocycles. The van der Waals surface area contributed by atoms with Crippen molar-refractivity contribution in [1.82, 2.24) is 5.32 Å². The third-order valence-corrected chi connectivity index (χ3v) is 5.70. The molecule has 0 saturated heterocycles. The van der Waals surface area contributed by atoms with Crippen LogP contribution in [0.3, 0.4) is 0 Å². The number of rotatable bonds is 7. The summed E-state index contributed by atoms with van der Waals surface area (Å²) >= 11 is 0. The molecule has 0 bridgehead atoms. The van der Waals surface area contributed by atoms with Crippen LogP contribution < -0.4 is 11.1 Å². The summed E-state index contributed by atoms with van der Waals surface area (Å²) in [6, 6.07) is 7.57. The van der Waals surface area contributed by atoms with Crippen molar-refractivity contribution in [3.8, 4) is 0 Å². The van der Waals surface area contributed by atoms with Crippen molar-refractivity contribution >= 4 is 15.7 Å². The number of benzene rings is 1. The summed E-state index contributed by atoms with van der Waals surface area (Å²) in [7, 11) is -3.38. The highest BCUT2D eigenvalue weighted by molar-refractivity contribution is 7.92. The Balaban J connectivity index is 2.55. The van der Waals surface area contributed by atoms with E-state index in [4.69, 9.17) is 5.73 Å². The predicted octanol–water partition coefficient (Wildman–Crippen LogP) is 1.75. The first-order valence-corrected chi connectivity index (χ1v) is 9.18. The van der Waals surface area contributed by atoms with Gasteiger partial charge in [-0.2, -0.15) is 0 Å². The van der Waals surface area contributed by atoms with E-state index in [0.29, 0.717) is 5.92 Å². The van der Waals surface area contributed by atoms with Gasteiger partial charge in [0.1, 0.15) is 5.75 Å². The Hall–Kier alpha value is -1.40. The van der Waals surface area contributed by atoms with Crippen molar-refractivity contribution in [3.05, 3.63) is 35.4 Å². The second kappa shape index (κ2) is 7.74. The van der Waals surface area contributed by atoms with Crippen LogP contribution in [0.15, 0.2) is 24.3 Å². The van der Waals surface area contributed by atoms with E-state index in [2.05, 4.69) is 19.2 Å². The topological polar surface area (TPSA) is 89.3 Å². The van der Waals surface area contributed by atoms with Crippen LogP contribution in [0.1, 0.15) is 50.8 Å². The average molecular weight is 326 g/mol. The highest BCUT2D eigenvalue weighted by Crippen LogP contribution is 2.17. The molecule has 1 unspecified atom stereocenters. The standard InChI is InChI=1S/C16H26N2O3S/c1-11(2)13-5-7-14(8-6-13)15(17)9-18-16(19)10-22(20,21)12(3)4/h5-8,11-12,15H,9-10,17H2,1-4H3,(H,18,19). The zero-order valence-electron chi connectivity index (χ0n) is 13.7. The van der Waals surface area contributed by atoms with Gasteiger partial charge >= 0.3 is 0 Å². The smallest absolute Gasteiger partial charge is 0.235 e. The van der Waals surface area contributed by atoms with Gasteiger partial charge < -0.3 is 11.1 Å². The molecule has 0 spiro atoms. The average Bonchev–Trinajstić information content (AvgIpc) is 2.44. The Labute approximate surface area is 133 Å². The van der Waals surface area contributed by atoms with Gasteiger partial charge in [0.15, 0.2) is 9.84 Å². The summed E-state index contributed by atoms with van der Waals surface area (Å²) in [4.78, 5) is 11.7. The molecular formula is C16H26N2O3S. The Bertz CT molecular complexity index is 592. The monoisotopic (exact) mass is 326 g/mol. The lowest BCUT2D eigenvalue weighted by Crippen LogP contribution is -2.37. The zero-order chi connectivity index (χ0) is 16.9. The normalized spacial score (nSPS) is 13.4. The van der Waals surface area contributed by atoms with E-state index in [1.807, 2.05) is 24.3 Å². The van der Waals surface area contributed by atoms with E-state index in [1.54, 1.807) is 13.8 Å². The first-order valence-electron chi connectivity index (χ1n) is 7.47. The molecule has 6 heteroatoms. The minimum absolute atomic E-state index is 0.216. The first kappa shape index (κ1) is 18.6. The second-order valence-electron chi connectivity index (χ2n) is 6.09. The molecule has 1 rings (SSSR count). The third kappa shape index (κ3) is 5.42. The van der Waals surface area contributed by atoms with Gasteiger partial charge in [0.05, 0.1) is 5.25 Å². The lowest BCUT2D eigenvalue weighted by molar-refractivity contribution is -0.118. The van der Waals surface area contributed by atoms with Gasteiger partial charge in [0.2, 0.25) is 5.91 Å². The molecule has 1 aromatic rings. The summed E-state index contributed by atoms with van der Waals surface area (Å²) in [6.45, 7) is 7.57. The van der Waals surface area contributed by atoms with Gasteiger partial charge in [-0.1, -0.05) is 38.1 Å². The number of amides is 1. The molecular weight excluding hydrogens is 300 g/mol. The van der Waals surface area contributed by atoms with Crippen LogP contribution in [0.25, 0.3) is 0 Å². The number of nitrogens with two attached hydrogens (primary N) is 1. The van der Waals surface area contributed by atoms with Crippen LogP contribution in [0.5, 0.6) is 0 Å². The Morgan fingerprint density at radius 1 is 1.09 bits per heavy atom. The van der Waals surface area contributed by atoms with Gasteiger partial charge in [-0.3, -0.25) is 4.79 Å². The molecule has 0 saturated carbocycles. The maximum absolute atomic E-state index is 11.7. The van der Waals surface area contributed by atoms with Gasteiger partial charge in [0, 0.05) is 12.6 Å². The van der Waals surface area contributed by atoms with E-state index < -0.39 is 26.7 Å². The van der Waals surface area contributed by atoms with Crippen LogP contribution in [-0.4, -0.2) is 31.9 Å². The predicted molar refractivity (Wildman–Crippen MR) is 89.4 cm³/mol. The Morgan fingerprint density at radius 3 is 2.05 bits per heavy atom. The maximum Gasteiger partial charge on any atom is 0.235 e. The fraction of sp³-hybridized carbons (Fsp3) is 0.562. The molecule has 124 valence electrons. The molecule has 0 fully saturated rings. The number of carbonyl (C=O) groups excluding carboxylic acids is 1. The third-order valence-electron chi connectivity index (χ3n) is 3.60. The van der Waals surface area contributed by atoms with Crippen molar-refractivity contribution in [1.29, 1.82) is 0 Å². The fourth-order valence-corrected chi connectivity index (χ4v) is 2.67. The highest BCUT2D eigenvalue weighted by Gasteiger charge is 2.20. The zero-order valence-corrected chi connectivity index (χ0v) is 14.5. The first-order chi connectivity index (χ1) is 10.1. The number of carbonyl (C=O) groups is 1. The van der Waals surface area contributed by atoms with Crippen molar-refractivity contribution in [2.75, 3.05) is 12.3 Å². The number of nitrogens with one attached hydrogen (secondary N) is 1. The van der Waals surface area contributed by atoms with Crippen molar-refractivity contribution < 1.29 is 13.2 Å². The molecule has 0 aliphatic rings. The molecule has 1 aromatic carbocycles. The summed E-state index contributed by atoms with van der Waals surface area (Å²) in [5, 5.41) is 2.03. The number of hydrogen-bond donors (Lipinski definition) is 2. The fourth-order valence-electron chi connectivity index (χ4n) is 1.87. The second-order valence-corrected chi connectivity index (χ2v) is 8.65. The molecule has 22 heavy (non-hydrogen) atoms. The van der Waals surface area contributed by atoms with Crippen LogP contribution in [0, 0.1) is 0 Å². The Kier molecular flexibility index (Phi) is 6.56. The van der Waals surface area contributed by atoms with Gasteiger partial charge in [-0.15, -0.1) is 0 Å². The molecule has 0 aliphatic carbocycles. The van der Waals surface area contributed by atoms with Gasteiger partial charge in [-0.25, -0.2) is 8.42 Å². The SMILES string of the molecule is CC(C)c1ccc(C(N)CNC(=O)CS(=O)(=O)C(C)C)cc1. The van der Waals surface area contributed by atoms with Crippen molar-refractivity contribution in [2.45, 2.75) is 44.9 Å². The molecule has 0 aromatic heterocycles. The molecule has 5 nitrogen and oxygen atoms in total. The van der Waals surface area contributed by atoms with E-state index in [0.717, 1.165) is 5.56 Å². The minimum Gasteiger partial charge on any atom is -0.353 e. The summed E-state index contributed by atoms with van der Waals surface area (Å²) in [6.07, 6.45) is 0. The van der Waals surface area contributed by atoms with Crippen molar-refractivity contribution in [3.63, 3.8) is 0 Å². The molecule has 0 radical (unpaired) electrons. The summed E-state index contributed by atoms with van der Waals surface area (Å²) in [5.41, 5.74) is 8.17. The summed E-state index contributed by atoms with van der Waals surface area (Å²) < 4.78 is 23.3. The Morgan fingerprint density at radius 2 is 1.59 bits per heavy atom. The van der Waals surface area contributed by atoms with Crippen LogP contribution in [0.2, 0.25) is 0 Å². The number of hydrogen-bond acceptors (Lipinski definition) is 4. The highest BCUT2D eigenvalue weighted by atomic mass is 32.2. The lowest BCUT2D eigenvalue weighted by Gasteiger charge is -2.15. The van der Waals surface area contributed by atoms with Crippen LogP contribution in [0.4, 0.5) is 0 Å². The van der Waals surface area contributed by atoms with Crippen molar-refractivity contribution in [2.24, 2.45) is 5.73 Å². The molecule has 1 atom stereocenters. The lowest BCUT2D eigenvalue weighted by atomic mass is 9.99. The number of sulfone groups is 1. The molecule has 1 amide bonds. The molecule has 3 N–H and O–H groups in total. The largest absolute Gasteiger partial charge is 0.353 e. The van der Waals surface area contributed by atoms with E-state index in [9.17, 15) is 13.2 Å². The van der Waals surface area contributed by atoms with Crippen LogP contribution >= 0.6 is 0 Å². The van der Waals surface area contributed by atoms with Crippen LogP contribution in [-0.2, 0) is 14.6 Å². The maximum atomic E-state index is 11.7.